The summed E-state index contributed by atoms with van der Waals surface area (Å²) in [5.74, 6) is -1.13. The molecule has 5 N–H and O–H groups in total. The third kappa shape index (κ3) is 12.2. The highest BCUT2D eigenvalue weighted by atomic mass is 16.5. The fourth-order valence-corrected chi connectivity index (χ4v) is 3.61. The van der Waals surface area contributed by atoms with Crippen molar-refractivity contribution in [3.05, 3.63) is 36.0 Å². The van der Waals surface area contributed by atoms with E-state index >= 15 is 0 Å². The first-order valence-corrected chi connectivity index (χ1v) is 12.5. The van der Waals surface area contributed by atoms with Crippen LogP contribution in [0, 0.1) is 0 Å². The molecule has 0 bridgehead atoms. The van der Waals surface area contributed by atoms with Gasteiger partial charge in [-0.05, 0) is 24.6 Å². The van der Waals surface area contributed by atoms with Gasteiger partial charge in [0.1, 0.15) is 0 Å². The Morgan fingerprint density at radius 2 is 1.65 bits per heavy atom. The average Bonchev–Trinajstić information content (AvgIpc) is 3.22. The molecule has 206 valence electrons. The largest absolute Gasteiger partial charge is 0.480 e. The Balaban J connectivity index is 1.53. The second-order valence-corrected chi connectivity index (χ2v) is 8.42. The first-order valence-electron chi connectivity index (χ1n) is 12.5. The molecule has 2 rings (SSSR count). The molecule has 0 saturated carbocycles. The first-order chi connectivity index (χ1) is 17.9. The molecule has 0 radical (unpaired) electrons. The van der Waals surface area contributed by atoms with Gasteiger partial charge in [-0.1, -0.05) is 18.2 Å². The average molecular weight is 521 g/mol. The van der Waals surface area contributed by atoms with Gasteiger partial charge in [0.05, 0.1) is 39.5 Å². The van der Waals surface area contributed by atoms with Gasteiger partial charge in [0.2, 0.25) is 11.8 Å². The molecule has 0 spiro atoms. The van der Waals surface area contributed by atoms with Crippen LogP contribution in [0.2, 0.25) is 0 Å². The molecule has 0 aliphatic carbocycles. The van der Waals surface area contributed by atoms with Crippen molar-refractivity contribution in [2.45, 2.75) is 25.9 Å². The van der Waals surface area contributed by atoms with E-state index in [4.69, 9.17) is 14.6 Å². The van der Waals surface area contributed by atoms with Crippen LogP contribution in [0.4, 0.5) is 0 Å². The molecule has 0 saturated heterocycles. The van der Waals surface area contributed by atoms with Crippen molar-refractivity contribution in [2.24, 2.45) is 0 Å². The molecule has 0 atom stereocenters. The number of carboxylic acids is 1. The number of aryl methyl sites for hydroxylation is 1. The number of carbonyl (C=O) groups is 3. The summed E-state index contributed by atoms with van der Waals surface area (Å²) in [6.07, 6.45) is 0.592. The molecule has 0 fully saturated rings. The van der Waals surface area contributed by atoms with Crippen molar-refractivity contribution in [3.8, 4) is 0 Å². The molecule has 1 aromatic carbocycles. The number of ether oxygens (including phenoxy) is 2. The molecular formula is C25H40N6O6. The summed E-state index contributed by atoms with van der Waals surface area (Å²) in [6, 6.07) is 10.3. The van der Waals surface area contributed by atoms with Crippen molar-refractivity contribution in [1.82, 2.24) is 31.0 Å². The van der Waals surface area contributed by atoms with E-state index in [1.807, 2.05) is 31.2 Å². The lowest BCUT2D eigenvalue weighted by molar-refractivity contribution is -0.136. The van der Waals surface area contributed by atoms with E-state index in [1.165, 1.54) is 0 Å². The Kier molecular flexibility index (Phi) is 14.2. The monoisotopic (exact) mass is 520 g/mol. The number of aliphatic carboxylic acids is 1. The highest BCUT2D eigenvalue weighted by molar-refractivity contribution is 5.82. The zero-order valence-electron chi connectivity index (χ0n) is 21.8. The number of hydrogen-bond acceptors (Lipinski definition) is 8. The highest BCUT2D eigenvalue weighted by Gasteiger charge is 2.11. The molecule has 37 heavy (non-hydrogen) atoms. The number of hydrogen-bond donors (Lipinski definition) is 5. The van der Waals surface area contributed by atoms with E-state index in [1.54, 1.807) is 0 Å². The quantitative estimate of drug-likeness (QED) is 0.120. The summed E-state index contributed by atoms with van der Waals surface area (Å²) in [7, 11) is 3.85. The maximum Gasteiger partial charge on any atom is 0.317 e. The van der Waals surface area contributed by atoms with Crippen molar-refractivity contribution in [1.29, 1.82) is 0 Å². The number of fused-ring (bicyclic) bond motifs is 1. The van der Waals surface area contributed by atoms with E-state index in [0.29, 0.717) is 52.4 Å². The smallest absolute Gasteiger partial charge is 0.317 e. The lowest BCUT2D eigenvalue weighted by atomic mass is 10.2. The van der Waals surface area contributed by atoms with Gasteiger partial charge < -0.3 is 35.1 Å². The van der Waals surface area contributed by atoms with Crippen LogP contribution in [0.1, 0.15) is 18.5 Å². The molecule has 0 unspecified atom stereocenters. The van der Waals surface area contributed by atoms with Crippen LogP contribution in [-0.2, 0) is 36.9 Å². The Morgan fingerprint density at radius 3 is 2.41 bits per heavy atom. The van der Waals surface area contributed by atoms with Crippen molar-refractivity contribution in [2.75, 3.05) is 66.7 Å². The summed E-state index contributed by atoms with van der Waals surface area (Å²) in [6.45, 7) is 3.72. The predicted molar refractivity (Wildman–Crippen MR) is 140 cm³/mol. The van der Waals surface area contributed by atoms with Gasteiger partial charge in [-0.2, -0.15) is 0 Å². The molecule has 1 heterocycles. The molecule has 12 heteroatoms. The van der Waals surface area contributed by atoms with Gasteiger partial charge in [-0.15, -0.1) is 0 Å². The summed E-state index contributed by atoms with van der Waals surface area (Å²) in [5.41, 5.74) is 5.36. The molecule has 0 aliphatic heterocycles. The van der Waals surface area contributed by atoms with E-state index in [-0.39, 0.29) is 31.4 Å². The first kappa shape index (κ1) is 30.2. The second-order valence-electron chi connectivity index (χ2n) is 8.42. The van der Waals surface area contributed by atoms with Gasteiger partial charge in [0, 0.05) is 57.3 Å². The fourth-order valence-electron chi connectivity index (χ4n) is 3.61. The van der Waals surface area contributed by atoms with Gasteiger partial charge in [0.15, 0.2) is 0 Å². The van der Waals surface area contributed by atoms with Gasteiger partial charge in [-0.25, -0.2) is 5.01 Å². The normalized spacial score (nSPS) is 11.2. The van der Waals surface area contributed by atoms with Crippen LogP contribution in [-0.4, -0.2) is 99.2 Å². The Hall–Kier alpha value is -3.03. The molecule has 1 aromatic heterocycles. The fraction of sp³-hybridized carbons (Fsp3) is 0.560. The predicted octanol–water partition coefficient (Wildman–Crippen LogP) is -0.0725. The number of carbonyl (C=O) groups excluding carboxylic acids is 2. The standard InChI is InChI=1S/C25H40N6O6/c1-26-30(2)19-21-17-20-5-3-4-6-22(20)31(21)12-7-23(32)29-11-14-37-16-15-36-13-8-24(33)28-10-9-27-18-25(34)35/h3-6,17,26-27H,7-16,18-19H2,1-2H3,(H,28,33)(H,29,32)(H,34,35). The minimum absolute atomic E-state index is 0.0327. The van der Waals surface area contributed by atoms with Gasteiger partial charge in [0.25, 0.3) is 0 Å². The minimum Gasteiger partial charge on any atom is -0.480 e. The molecule has 2 aromatic rings. The topological polar surface area (TPSA) is 146 Å². The Bertz CT molecular complexity index is 982. The highest BCUT2D eigenvalue weighted by Crippen LogP contribution is 2.21. The maximum absolute atomic E-state index is 12.3. The van der Waals surface area contributed by atoms with E-state index < -0.39 is 5.97 Å². The Morgan fingerprint density at radius 1 is 0.946 bits per heavy atom. The van der Waals surface area contributed by atoms with Crippen molar-refractivity contribution < 1.29 is 29.0 Å². The maximum atomic E-state index is 12.3. The van der Waals surface area contributed by atoms with E-state index in [0.717, 1.165) is 23.1 Å². The number of amides is 2. The number of rotatable bonds is 20. The molecule has 12 nitrogen and oxygen atoms in total. The number of carboxylic acid groups (broad SMARTS) is 1. The zero-order valence-corrected chi connectivity index (χ0v) is 21.8. The number of aromatic nitrogens is 1. The lowest BCUT2D eigenvalue weighted by Gasteiger charge is -2.17. The summed E-state index contributed by atoms with van der Waals surface area (Å²) in [5, 5.41) is 19.9. The van der Waals surface area contributed by atoms with Gasteiger partial charge >= 0.3 is 5.97 Å². The van der Waals surface area contributed by atoms with Crippen LogP contribution < -0.4 is 21.4 Å². The van der Waals surface area contributed by atoms with Crippen LogP contribution in [0.3, 0.4) is 0 Å². The third-order valence-corrected chi connectivity index (χ3v) is 5.55. The summed E-state index contributed by atoms with van der Waals surface area (Å²) >= 11 is 0. The summed E-state index contributed by atoms with van der Waals surface area (Å²) < 4.78 is 13.0. The molecule has 0 aliphatic rings. The van der Waals surface area contributed by atoms with Gasteiger partial charge in [-0.3, -0.25) is 19.8 Å². The molecule has 2 amide bonds. The van der Waals surface area contributed by atoms with Crippen molar-refractivity contribution >= 4 is 28.7 Å². The van der Waals surface area contributed by atoms with E-state index in [2.05, 4.69) is 44.1 Å². The van der Waals surface area contributed by atoms with Crippen LogP contribution in [0.15, 0.2) is 30.3 Å². The number of hydrazine groups is 1. The minimum atomic E-state index is -0.936. The number of benzene rings is 1. The van der Waals surface area contributed by atoms with Crippen LogP contribution in [0.25, 0.3) is 10.9 Å². The number of nitrogens with one attached hydrogen (secondary N) is 4. The lowest BCUT2D eigenvalue weighted by Crippen LogP contribution is -2.34. The van der Waals surface area contributed by atoms with E-state index in [9.17, 15) is 14.4 Å². The zero-order chi connectivity index (χ0) is 26.9. The van der Waals surface area contributed by atoms with Crippen LogP contribution >= 0.6 is 0 Å². The van der Waals surface area contributed by atoms with Crippen molar-refractivity contribution in [3.63, 3.8) is 0 Å². The number of nitrogens with zero attached hydrogens (tertiary/aromatic N) is 2. The Labute approximate surface area is 217 Å². The molecular weight excluding hydrogens is 480 g/mol. The SMILES string of the molecule is CNN(C)Cc1cc2ccccc2n1CCC(=O)NCCOCCOCCC(=O)NCCNCC(=O)O. The second kappa shape index (κ2) is 17.4. The third-order valence-electron chi connectivity index (χ3n) is 5.55. The number of para-hydroxylation sites is 1. The summed E-state index contributed by atoms with van der Waals surface area (Å²) in [4.78, 5) is 34.3. The van der Waals surface area contributed by atoms with Crippen LogP contribution in [0.5, 0.6) is 0 Å².